The monoisotopic (exact) mass is 397 g/mol. The number of nitrogens with zero attached hydrogens (tertiary/aromatic N) is 1. The molecule has 3 rings (SSSR count). The molecule has 7 nitrogen and oxygen atoms in total. The Bertz CT molecular complexity index is 884. The third kappa shape index (κ3) is 4.45. The maximum Gasteiger partial charge on any atom is 0.257 e. The SMILES string of the molecule is CCCN1C(=O)c2ccccc2N[C@H]1c1ccc(OCC(=O)NCC)c(OC)c1. The highest BCUT2D eigenvalue weighted by Crippen LogP contribution is 2.36. The van der Waals surface area contributed by atoms with Gasteiger partial charge in [0.2, 0.25) is 0 Å². The van der Waals surface area contributed by atoms with E-state index in [1.807, 2.05) is 55.1 Å². The number of methoxy groups -OCH3 is 1. The van der Waals surface area contributed by atoms with Gasteiger partial charge in [0.15, 0.2) is 18.1 Å². The lowest BCUT2D eigenvalue weighted by Crippen LogP contribution is -2.43. The van der Waals surface area contributed by atoms with E-state index >= 15 is 0 Å². The second kappa shape index (κ2) is 9.32. The molecule has 1 aliphatic heterocycles. The van der Waals surface area contributed by atoms with Gasteiger partial charge in [-0.15, -0.1) is 0 Å². The maximum atomic E-state index is 13.0. The van der Waals surface area contributed by atoms with Gasteiger partial charge < -0.3 is 25.0 Å². The maximum absolute atomic E-state index is 13.0. The molecule has 0 unspecified atom stereocenters. The molecular weight excluding hydrogens is 370 g/mol. The lowest BCUT2D eigenvalue weighted by molar-refractivity contribution is -0.123. The van der Waals surface area contributed by atoms with Crippen molar-refractivity contribution < 1.29 is 19.1 Å². The van der Waals surface area contributed by atoms with Crippen LogP contribution >= 0.6 is 0 Å². The summed E-state index contributed by atoms with van der Waals surface area (Å²) in [5.41, 5.74) is 2.36. The number of benzene rings is 2. The fourth-order valence-corrected chi connectivity index (χ4v) is 3.39. The summed E-state index contributed by atoms with van der Waals surface area (Å²) < 4.78 is 11.1. The van der Waals surface area contributed by atoms with Crippen LogP contribution in [0.15, 0.2) is 42.5 Å². The van der Waals surface area contributed by atoms with Crippen molar-refractivity contribution in [3.8, 4) is 11.5 Å². The minimum absolute atomic E-state index is 0.00160. The van der Waals surface area contributed by atoms with E-state index in [-0.39, 0.29) is 24.6 Å². The summed E-state index contributed by atoms with van der Waals surface area (Å²) in [5, 5.41) is 6.15. The van der Waals surface area contributed by atoms with Gasteiger partial charge in [0.1, 0.15) is 6.17 Å². The van der Waals surface area contributed by atoms with Crippen LogP contribution in [0.5, 0.6) is 11.5 Å². The van der Waals surface area contributed by atoms with Crippen LogP contribution in [0.4, 0.5) is 5.69 Å². The molecule has 2 amide bonds. The second-order valence-electron chi connectivity index (χ2n) is 6.74. The Balaban J connectivity index is 1.88. The Labute approximate surface area is 171 Å². The van der Waals surface area contributed by atoms with Crippen molar-refractivity contribution >= 4 is 17.5 Å². The highest BCUT2D eigenvalue weighted by molar-refractivity contribution is 6.01. The zero-order valence-electron chi connectivity index (χ0n) is 17.0. The standard InChI is InChI=1S/C22H27N3O4/c1-4-12-25-21(24-17-9-7-6-8-16(17)22(25)27)15-10-11-18(19(13-15)28-3)29-14-20(26)23-5-2/h6-11,13,21,24H,4-5,12,14H2,1-3H3,(H,23,26)/t21-/m1/s1. The molecule has 154 valence electrons. The number of fused-ring (bicyclic) bond motifs is 1. The van der Waals surface area contributed by atoms with E-state index in [1.165, 1.54) is 0 Å². The van der Waals surface area contributed by atoms with Gasteiger partial charge in [0.05, 0.1) is 12.7 Å². The fraction of sp³-hybridized carbons (Fsp3) is 0.364. The molecule has 0 saturated carbocycles. The van der Waals surface area contributed by atoms with E-state index in [1.54, 1.807) is 13.2 Å². The molecule has 0 aliphatic carbocycles. The Morgan fingerprint density at radius 2 is 1.97 bits per heavy atom. The first-order valence-electron chi connectivity index (χ1n) is 9.83. The first-order chi connectivity index (χ1) is 14.1. The molecule has 0 bridgehead atoms. The van der Waals surface area contributed by atoms with Crippen LogP contribution < -0.4 is 20.1 Å². The summed E-state index contributed by atoms with van der Waals surface area (Å²) in [6.07, 6.45) is 0.528. The number of likely N-dealkylation sites (N-methyl/N-ethyl adjacent to an activating group) is 1. The van der Waals surface area contributed by atoms with E-state index in [0.29, 0.717) is 30.2 Å². The summed E-state index contributed by atoms with van der Waals surface area (Å²) in [7, 11) is 1.55. The number of para-hydroxylation sites is 1. The largest absolute Gasteiger partial charge is 0.493 e. The Hall–Kier alpha value is -3.22. The predicted molar refractivity (Wildman–Crippen MR) is 111 cm³/mol. The van der Waals surface area contributed by atoms with Crippen molar-refractivity contribution in [3.05, 3.63) is 53.6 Å². The quantitative estimate of drug-likeness (QED) is 0.715. The number of ether oxygens (including phenoxy) is 2. The van der Waals surface area contributed by atoms with E-state index in [2.05, 4.69) is 10.6 Å². The van der Waals surface area contributed by atoms with Gasteiger partial charge in [-0.2, -0.15) is 0 Å². The molecule has 2 aromatic carbocycles. The highest BCUT2D eigenvalue weighted by Gasteiger charge is 2.32. The summed E-state index contributed by atoms with van der Waals surface area (Å²) in [4.78, 5) is 26.5. The van der Waals surface area contributed by atoms with Crippen LogP contribution in [0.2, 0.25) is 0 Å². The normalized spacial score (nSPS) is 15.3. The molecule has 0 fully saturated rings. The molecule has 2 aromatic rings. The number of nitrogens with one attached hydrogen (secondary N) is 2. The lowest BCUT2D eigenvalue weighted by Gasteiger charge is -2.38. The number of rotatable bonds is 8. The van der Waals surface area contributed by atoms with Gasteiger partial charge in [-0.25, -0.2) is 0 Å². The van der Waals surface area contributed by atoms with E-state index in [9.17, 15) is 9.59 Å². The van der Waals surface area contributed by atoms with Crippen LogP contribution in [0, 0.1) is 0 Å². The molecule has 0 radical (unpaired) electrons. The number of amides is 2. The molecule has 0 saturated heterocycles. The topological polar surface area (TPSA) is 79.9 Å². The van der Waals surface area contributed by atoms with Gasteiger partial charge in [0, 0.05) is 18.8 Å². The Kier molecular flexibility index (Phi) is 6.59. The first kappa shape index (κ1) is 20.5. The van der Waals surface area contributed by atoms with E-state index in [0.717, 1.165) is 17.7 Å². The van der Waals surface area contributed by atoms with E-state index in [4.69, 9.17) is 9.47 Å². The molecular formula is C22H27N3O4. The van der Waals surface area contributed by atoms with Crippen LogP contribution in [-0.4, -0.2) is 43.5 Å². The van der Waals surface area contributed by atoms with Crippen molar-refractivity contribution in [3.63, 3.8) is 0 Å². The molecule has 1 heterocycles. The third-order valence-corrected chi connectivity index (χ3v) is 4.72. The van der Waals surface area contributed by atoms with Crippen molar-refractivity contribution in [2.24, 2.45) is 0 Å². The number of anilines is 1. The van der Waals surface area contributed by atoms with Crippen molar-refractivity contribution in [2.45, 2.75) is 26.4 Å². The van der Waals surface area contributed by atoms with Crippen molar-refractivity contribution in [2.75, 3.05) is 32.1 Å². The van der Waals surface area contributed by atoms with Gasteiger partial charge in [-0.1, -0.05) is 25.1 Å². The fourth-order valence-electron chi connectivity index (χ4n) is 3.39. The average Bonchev–Trinajstić information content (AvgIpc) is 2.74. The molecule has 2 N–H and O–H groups in total. The third-order valence-electron chi connectivity index (χ3n) is 4.72. The van der Waals surface area contributed by atoms with Crippen LogP contribution in [0.3, 0.4) is 0 Å². The van der Waals surface area contributed by atoms with Gasteiger partial charge in [0.25, 0.3) is 11.8 Å². The molecule has 29 heavy (non-hydrogen) atoms. The lowest BCUT2D eigenvalue weighted by atomic mass is 10.0. The minimum Gasteiger partial charge on any atom is -0.493 e. The van der Waals surface area contributed by atoms with Crippen molar-refractivity contribution in [1.82, 2.24) is 10.2 Å². The molecule has 1 atom stereocenters. The van der Waals surface area contributed by atoms with Gasteiger partial charge in [-0.05, 0) is 43.2 Å². The first-order valence-corrected chi connectivity index (χ1v) is 9.83. The predicted octanol–water partition coefficient (Wildman–Crippen LogP) is 3.19. The van der Waals surface area contributed by atoms with Gasteiger partial charge >= 0.3 is 0 Å². The number of hydrogen-bond acceptors (Lipinski definition) is 5. The Morgan fingerprint density at radius 1 is 1.17 bits per heavy atom. The zero-order valence-corrected chi connectivity index (χ0v) is 17.0. The second-order valence-corrected chi connectivity index (χ2v) is 6.74. The van der Waals surface area contributed by atoms with Crippen LogP contribution in [0.25, 0.3) is 0 Å². The molecule has 1 aliphatic rings. The smallest absolute Gasteiger partial charge is 0.257 e. The van der Waals surface area contributed by atoms with Crippen molar-refractivity contribution in [1.29, 1.82) is 0 Å². The molecule has 7 heteroatoms. The Morgan fingerprint density at radius 3 is 2.69 bits per heavy atom. The number of hydrogen-bond donors (Lipinski definition) is 2. The highest BCUT2D eigenvalue weighted by atomic mass is 16.5. The average molecular weight is 397 g/mol. The van der Waals surface area contributed by atoms with E-state index < -0.39 is 0 Å². The molecule has 0 aromatic heterocycles. The zero-order chi connectivity index (χ0) is 20.8. The van der Waals surface area contributed by atoms with Gasteiger partial charge in [-0.3, -0.25) is 9.59 Å². The number of carbonyl (C=O) groups is 2. The summed E-state index contributed by atoms with van der Waals surface area (Å²) >= 11 is 0. The number of carbonyl (C=O) groups excluding carboxylic acids is 2. The summed E-state index contributed by atoms with van der Waals surface area (Å²) in [5.74, 6) is 0.800. The molecule has 0 spiro atoms. The van der Waals surface area contributed by atoms with Crippen LogP contribution in [-0.2, 0) is 4.79 Å². The minimum atomic E-state index is -0.316. The van der Waals surface area contributed by atoms with Crippen LogP contribution in [0.1, 0.15) is 42.4 Å². The summed E-state index contributed by atoms with van der Waals surface area (Å²) in [6.45, 7) is 4.99. The summed E-state index contributed by atoms with van der Waals surface area (Å²) in [6, 6.07) is 13.0.